The summed E-state index contributed by atoms with van der Waals surface area (Å²) in [4.78, 5) is 37.9. The molecule has 0 spiro atoms. The zero-order valence-electron chi connectivity index (χ0n) is 17.0. The minimum atomic E-state index is -0.693. The zero-order valence-corrected chi connectivity index (χ0v) is 17.0. The number of esters is 1. The Morgan fingerprint density at radius 1 is 1.27 bits per heavy atom. The van der Waals surface area contributed by atoms with Gasteiger partial charge in [0.2, 0.25) is 12.3 Å². The normalized spacial score (nSPS) is 17.4. The van der Waals surface area contributed by atoms with Crippen LogP contribution in [0.15, 0.2) is 0 Å². The van der Waals surface area contributed by atoms with Crippen molar-refractivity contribution in [3.8, 4) is 0 Å². The van der Waals surface area contributed by atoms with Gasteiger partial charge < -0.3 is 15.0 Å². The quantitative estimate of drug-likeness (QED) is 0.475. The summed E-state index contributed by atoms with van der Waals surface area (Å²) in [6.45, 7) is 8.19. The molecule has 1 fully saturated rings. The molecule has 1 rings (SSSR count). The lowest BCUT2D eigenvalue weighted by atomic mass is 9.86. The van der Waals surface area contributed by atoms with Crippen LogP contribution in [0.2, 0.25) is 0 Å². The first kappa shape index (κ1) is 22.5. The molecule has 1 aliphatic rings. The Labute approximate surface area is 158 Å². The maximum atomic E-state index is 12.8. The summed E-state index contributed by atoms with van der Waals surface area (Å²) in [6, 6.07) is -0.693. The van der Waals surface area contributed by atoms with E-state index >= 15 is 0 Å². The molecule has 0 unspecified atom stereocenters. The van der Waals surface area contributed by atoms with Crippen LogP contribution in [0.1, 0.15) is 72.6 Å². The van der Waals surface area contributed by atoms with Crippen molar-refractivity contribution in [3.63, 3.8) is 0 Å². The van der Waals surface area contributed by atoms with Gasteiger partial charge in [0.1, 0.15) is 12.1 Å². The second-order valence-electron chi connectivity index (χ2n) is 8.54. The van der Waals surface area contributed by atoms with E-state index < -0.39 is 11.5 Å². The first-order valence-electron chi connectivity index (χ1n) is 9.85. The van der Waals surface area contributed by atoms with Crippen molar-refractivity contribution in [1.29, 1.82) is 0 Å². The van der Waals surface area contributed by atoms with E-state index in [0.29, 0.717) is 13.0 Å². The van der Waals surface area contributed by atoms with E-state index in [1.54, 1.807) is 7.05 Å². The molecule has 2 amide bonds. The molecule has 0 heterocycles. The number of nitrogens with zero attached hydrogens (tertiary/aromatic N) is 1. The molecular formula is C20H36N2O4. The van der Waals surface area contributed by atoms with Crippen molar-refractivity contribution in [2.45, 2.75) is 84.8 Å². The number of hydrogen-bond acceptors (Lipinski definition) is 4. The molecule has 1 aliphatic carbocycles. The molecule has 1 N–H and O–H groups in total. The average molecular weight is 369 g/mol. The highest BCUT2D eigenvalue weighted by Crippen LogP contribution is 2.26. The van der Waals surface area contributed by atoms with Crippen molar-refractivity contribution >= 4 is 18.3 Å². The fourth-order valence-corrected chi connectivity index (χ4v) is 3.27. The van der Waals surface area contributed by atoms with E-state index in [1.807, 2.05) is 20.8 Å². The van der Waals surface area contributed by atoms with Crippen molar-refractivity contribution in [2.75, 3.05) is 13.6 Å². The molecule has 26 heavy (non-hydrogen) atoms. The van der Waals surface area contributed by atoms with Crippen LogP contribution in [-0.2, 0) is 19.1 Å². The lowest BCUT2D eigenvalue weighted by Gasteiger charge is -2.32. The zero-order chi connectivity index (χ0) is 19.7. The third-order valence-corrected chi connectivity index (χ3v) is 4.94. The van der Waals surface area contributed by atoms with Crippen molar-refractivity contribution in [1.82, 2.24) is 10.2 Å². The second kappa shape index (κ2) is 10.5. The minimum Gasteiger partial charge on any atom is -0.461 e. The highest BCUT2D eigenvalue weighted by molar-refractivity contribution is 5.86. The molecule has 150 valence electrons. The molecule has 1 saturated carbocycles. The summed E-state index contributed by atoms with van der Waals surface area (Å²) >= 11 is 0. The summed E-state index contributed by atoms with van der Waals surface area (Å²) < 4.78 is 5.64. The van der Waals surface area contributed by atoms with Gasteiger partial charge in [0.15, 0.2) is 0 Å². The maximum absolute atomic E-state index is 12.8. The average Bonchev–Trinajstić information content (AvgIpc) is 3.07. The third kappa shape index (κ3) is 7.34. The fourth-order valence-electron chi connectivity index (χ4n) is 3.27. The molecule has 0 aromatic carbocycles. The molecule has 0 aliphatic heterocycles. The van der Waals surface area contributed by atoms with Gasteiger partial charge in [0.05, 0.1) is 5.92 Å². The summed E-state index contributed by atoms with van der Waals surface area (Å²) in [5.74, 6) is -0.861. The van der Waals surface area contributed by atoms with E-state index in [-0.39, 0.29) is 23.9 Å². The monoisotopic (exact) mass is 368 g/mol. The van der Waals surface area contributed by atoms with Gasteiger partial charge >= 0.3 is 5.97 Å². The van der Waals surface area contributed by atoms with Gasteiger partial charge in [0.25, 0.3) is 0 Å². The lowest BCUT2D eigenvalue weighted by Crippen LogP contribution is -2.53. The van der Waals surface area contributed by atoms with Crippen LogP contribution in [-0.4, -0.2) is 48.9 Å². The Balaban J connectivity index is 2.80. The van der Waals surface area contributed by atoms with E-state index in [9.17, 15) is 14.4 Å². The van der Waals surface area contributed by atoms with Crippen molar-refractivity contribution in [2.24, 2.45) is 11.3 Å². The van der Waals surface area contributed by atoms with Crippen LogP contribution in [0.5, 0.6) is 0 Å². The highest BCUT2D eigenvalue weighted by atomic mass is 16.5. The molecule has 6 nitrogen and oxygen atoms in total. The number of rotatable bonds is 10. The largest absolute Gasteiger partial charge is 0.461 e. The Morgan fingerprint density at radius 3 is 2.38 bits per heavy atom. The predicted octanol–water partition coefficient (Wildman–Crippen LogP) is 2.90. The molecular weight excluding hydrogens is 332 g/mol. The third-order valence-electron chi connectivity index (χ3n) is 4.94. The van der Waals surface area contributed by atoms with Gasteiger partial charge in [0, 0.05) is 13.6 Å². The van der Waals surface area contributed by atoms with Crippen LogP contribution in [0.4, 0.5) is 0 Å². The summed E-state index contributed by atoms with van der Waals surface area (Å²) in [5.41, 5.74) is -0.447. The van der Waals surface area contributed by atoms with Crippen LogP contribution < -0.4 is 5.32 Å². The molecule has 2 atom stereocenters. The minimum absolute atomic E-state index is 0.0265. The number of nitrogens with one attached hydrogen (secondary N) is 1. The Hall–Kier alpha value is -1.59. The smallest absolute Gasteiger partial charge is 0.329 e. The summed E-state index contributed by atoms with van der Waals surface area (Å²) in [7, 11) is 1.66. The van der Waals surface area contributed by atoms with E-state index in [2.05, 4.69) is 12.2 Å². The Bertz CT molecular complexity index is 467. The van der Waals surface area contributed by atoms with Crippen LogP contribution in [0, 0.1) is 11.3 Å². The number of carbonyl (C=O) groups is 3. The molecule has 0 bridgehead atoms. The number of unbranched alkanes of at least 4 members (excludes halogenated alkanes) is 1. The molecule has 6 heteroatoms. The van der Waals surface area contributed by atoms with Crippen LogP contribution in [0.3, 0.4) is 0 Å². The van der Waals surface area contributed by atoms with Gasteiger partial charge in [-0.3, -0.25) is 9.59 Å². The highest BCUT2D eigenvalue weighted by Gasteiger charge is 2.37. The fraction of sp³-hybridized carbons (Fsp3) is 0.850. The summed E-state index contributed by atoms with van der Waals surface area (Å²) in [6.07, 6.45) is 7.24. The number of carbonyl (C=O) groups excluding carboxylic acids is 3. The number of hydrogen-bond donors (Lipinski definition) is 1. The van der Waals surface area contributed by atoms with Crippen molar-refractivity contribution < 1.29 is 19.1 Å². The Kier molecular flexibility index (Phi) is 9.09. The predicted molar refractivity (Wildman–Crippen MR) is 101 cm³/mol. The van der Waals surface area contributed by atoms with Crippen LogP contribution in [0.25, 0.3) is 0 Å². The van der Waals surface area contributed by atoms with Gasteiger partial charge in [-0.2, -0.15) is 0 Å². The van der Waals surface area contributed by atoms with Gasteiger partial charge in [-0.25, -0.2) is 4.79 Å². The van der Waals surface area contributed by atoms with Gasteiger partial charge in [-0.15, -0.1) is 0 Å². The molecule has 0 radical (unpaired) electrons. The van der Waals surface area contributed by atoms with Gasteiger partial charge in [-0.05, 0) is 37.5 Å². The summed E-state index contributed by atoms with van der Waals surface area (Å²) in [5, 5.41) is 2.91. The first-order chi connectivity index (χ1) is 12.2. The first-order valence-corrected chi connectivity index (χ1v) is 9.85. The number of ether oxygens (including phenoxy) is 1. The molecule has 0 aromatic rings. The van der Waals surface area contributed by atoms with Gasteiger partial charge in [-0.1, -0.05) is 40.5 Å². The van der Waals surface area contributed by atoms with Crippen molar-refractivity contribution in [3.05, 3.63) is 0 Å². The van der Waals surface area contributed by atoms with Crippen LogP contribution >= 0.6 is 0 Å². The molecule has 0 saturated heterocycles. The maximum Gasteiger partial charge on any atom is 0.329 e. The standard InChI is InChI=1S/C20H36N2O4/c1-6-7-10-15(13-22(5)14-23)18(24)21-17(20(2,3)4)19(25)26-16-11-8-9-12-16/h14-17H,6-13H2,1-5H3,(H,21,24)/t15-,17-/m1/s1. The second-order valence-corrected chi connectivity index (χ2v) is 8.54. The SMILES string of the molecule is CCCC[C@H](CN(C)C=O)C(=O)N[C@H](C(=O)OC1CCCC1)C(C)(C)C. The lowest BCUT2D eigenvalue weighted by molar-refractivity contribution is -0.156. The Morgan fingerprint density at radius 2 is 1.88 bits per heavy atom. The van der Waals surface area contributed by atoms with E-state index in [4.69, 9.17) is 4.74 Å². The molecule has 0 aromatic heterocycles. The topological polar surface area (TPSA) is 75.7 Å². The number of amides is 2. The van der Waals surface area contributed by atoms with E-state index in [0.717, 1.165) is 44.9 Å². The van der Waals surface area contributed by atoms with E-state index in [1.165, 1.54) is 4.90 Å².